The van der Waals surface area contributed by atoms with Crippen molar-refractivity contribution >= 4 is 23.2 Å². The Kier molecular flexibility index (Phi) is 10.2. The molecule has 0 atom stereocenters. The van der Waals surface area contributed by atoms with Gasteiger partial charge in [-0.05, 0) is 62.6 Å². The number of fused-ring (bicyclic) bond motifs is 4. The summed E-state index contributed by atoms with van der Waals surface area (Å²) < 4.78 is 15.6. The van der Waals surface area contributed by atoms with Crippen molar-refractivity contribution in [3.63, 3.8) is 0 Å². The Morgan fingerprint density at radius 2 is 1.77 bits per heavy atom. The van der Waals surface area contributed by atoms with Crippen LogP contribution in [-0.4, -0.2) is 90.8 Å². The Hall–Kier alpha value is -5.04. The predicted octanol–water partition coefficient (Wildman–Crippen LogP) is 4.68. The van der Waals surface area contributed by atoms with Crippen molar-refractivity contribution in [3.05, 3.63) is 89.2 Å². The number of thiazole rings is 1. The second kappa shape index (κ2) is 15.0. The van der Waals surface area contributed by atoms with Crippen LogP contribution >= 0.6 is 11.3 Å². The fourth-order valence-electron chi connectivity index (χ4n) is 5.70. The van der Waals surface area contributed by atoms with Gasteiger partial charge in [0.1, 0.15) is 18.5 Å². The molecule has 13 heteroatoms. The summed E-state index contributed by atoms with van der Waals surface area (Å²) in [4.78, 5) is 40.4. The number of aromatic nitrogens is 6. The molecule has 1 aliphatic rings. The molecule has 0 fully saturated rings. The van der Waals surface area contributed by atoms with E-state index in [1.165, 1.54) is 0 Å². The summed E-state index contributed by atoms with van der Waals surface area (Å²) >= 11 is 1.55. The number of amides is 2. The van der Waals surface area contributed by atoms with Crippen LogP contribution in [0.4, 0.5) is 0 Å². The smallest absolute Gasteiger partial charge is 0.253 e. The molecule has 4 heterocycles. The Labute approximate surface area is 277 Å². The SMILES string of the molecule is COc1ccc2cc1OCCCN(C(=O)c1cccc(-n3cnnc3)c1)CCCCN(C(=O)Cc1csc(C)n1)CCn1ccnc1-2. The largest absolute Gasteiger partial charge is 0.493 e. The van der Waals surface area contributed by atoms with E-state index in [2.05, 4.69) is 24.7 Å². The van der Waals surface area contributed by atoms with E-state index >= 15 is 0 Å². The number of ether oxygens (including phenoxy) is 2. The van der Waals surface area contributed by atoms with Gasteiger partial charge in [0.05, 0.1) is 30.8 Å². The summed E-state index contributed by atoms with van der Waals surface area (Å²) in [6.07, 6.45) is 9.28. The number of hydrogen-bond donors (Lipinski definition) is 0. The van der Waals surface area contributed by atoms with Crippen molar-refractivity contribution in [1.29, 1.82) is 0 Å². The second-order valence-corrected chi connectivity index (χ2v) is 12.4. The molecule has 3 aromatic heterocycles. The van der Waals surface area contributed by atoms with E-state index in [4.69, 9.17) is 9.47 Å². The normalized spacial score (nSPS) is 14.6. The average Bonchev–Trinajstić information content (AvgIpc) is 3.88. The highest BCUT2D eigenvalue weighted by Gasteiger charge is 2.20. The van der Waals surface area contributed by atoms with Crippen molar-refractivity contribution in [2.75, 3.05) is 39.9 Å². The van der Waals surface area contributed by atoms with Crippen LogP contribution in [0.25, 0.3) is 17.1 Å². The molecule has 2 amide bonds. The third-order valence-electron chi connectivity index (χ3n) is 8.13. The van der Waals surface area contributed by atoms with Gasteiger partial charge in [-0.3, -0.25) is 14.2 Å². The van der Waals surface area contributed by atoms with E-state index in [1.54, 1.807) is 41.9 Å². The maximum Gasteiger partial charge on any atom is 0.253 e. The van der Waals surface area contributed by atoms with E-state index in [1.807, 2.05) is 70.8 Å². The van der Waals surface area contributed by atoms with Gasteiger partial charge in [0.25, 0.3) is 5.91 Å². The van der Waals surface area contributed by atoms with Gasteiger partial charge in [-0.1, -0.05) is 6.07 Å². The van der Waals surface area contributed by atoms with Crippen molar-refractivity contribution in [1.82, 2.24) is 39.1 Å². The number of carbonyl (C=O) groups is 2. The summed E-state index contributed by atoms with van der Waals surface area (Å²) in [7, 11) is 1.62. The second-order valence-electron chi connectivity index (χ2n) is 11.3. The molecule has 2 bridgehead atoms. The van der Waals surface area contributed by atoms with Crippen LogP contribution in [0.5, 0.6) is 11.5 Å². The van der Waals surface area contributed by atoms with Crippen LogP contribution < -0.4 is 9.47 Å². The zero-order chi connectivity index (χ0) is 32.6. The van der Waals surface area contributed by atoms with Gasteiger partial charge >= 0.3 is 0 Å². The van der Waals surface area contributed by atoms with E-state index < -0.39 is 0 Å². The number of benzene rings is 2. The Morgan fingerprint density at radius 1 is 0.957 bits per heavy atom. The minimum absolute atomic E-state index is 0.0359. The first-order valence-electron chi connectivity index (χ1n) is 15.7. The number of hydrogen-bond acceptors (Lipinski definition) is 9. The molecule has 2 aromatic carbocycles. The molecule has 0 N–H and O–H groups in total. The highest BCUT2D eigenvalue weighted by molar-refractivity contribution is 7.09. The lowest BCUT2D eigenvalue weighted by atomic mass is 10.1. The molecule has 0 saturated heterocycles. The predicted molar refractivity (Wildman–Crippen MR) is 178 cm³/mol. The van der Waals surface area contributed by atoms with Crippen molar-refractivity contribution in [3.8, 4) is 28.6 Å². The molecular formula is C34H38N8O4S. The first-order valence-corrected chi connectivity index (χ1v) is 16.6. The monoisotopic (exact) mass is 654 g/mol. The van der Waals surface area contributed by atoms with Gasteiger partial charge in [-0.25, -0.2) is 9.97 Å². The quantitative estimate of drug-likeness (QED) is 0.268. The molecular weight excluding hydrogens is 616 g/mol. The minimum atomic E-state index is -0.0605. The number of nitrogens with zero attached hydrogens (tertiary/aromatic N) is 8. The summed E-state index contributed by atoms with van der Waals surface area (Å²) in [5, 5.41) is 10.7. The molecule has 0 radical (unpaired) electrons. The number of imidazole rings is 1. The molecule has 0 saturated carbocycles. The molecule has 12 nitrogen and oxygen atoms in total. The standard InChI is InChI=1S/C34H38N8O4S/c1-25-38-28(22-47-25)21-32(43)39-12-3-4-13-41(34(44)27-7-5-8-29(19-27)42-23-36-37-24-42)14-6-18-46-31-20-26(9-10-30(31)45-2)33-35-11-15-40(33)17-16-39/h5,7-11,15,19-20,22-24H,3-4,6,12-14,16-18,21H2,1-2H3. The summed E-state index contributed by atoms with van der Waals surface area (Å²) in [5.74, 6) is 1.99. The first kappa shape index (κ1) is 31.9. The number of aryl methyl sites for hydroxylation is 1. The molecule has 47 heavy (non-hydrogen) atoms. The van der Waals surface area contributed by atoms with Crippen molar-refractivity contribution in [2.45, 2.75) is 39.2 Å². The van der Waals surface area contributed by atoms with E-state index in [-0.39, 0.29) is 18.2 Å². The number of rotatable bonds is 5. The maximum absolute atomic E-state index is 13.9. The van der Waals surface area contributed by atoms with Gasteiger partial charge in [-0.15, -0.1) is 21.5 Å². The van der Waals surface area contributed by atoms with E-state index in [0.29, 0.717) is 62.8 Å². The molecule has 0 aliphatic carbocycles. The highest BCUT2D eigenvalue weighted by Crippen LogP contribution is 2.32. The zero-order valence-electron chi connectivity index (χ0n) is 26.6. The maximum atomic E-state index is 13.9. The lowest BCUT2D eigenvalue weighted by Crippen LogP contribution is -2.37. The average molecular weight is 655 g/mol. The van der Waals surface area contributed by atoms with Crippen molar-refractivity contribution < 1.29 is 19.1 Å². The summed E-state index contributed by atoms with van der Waals surface area (Å²) in [6, 6.07) is 13.2. The third kappa shape index (κ3) is 7.86. The minimum Gasteiger partial charge on any atom is -0.493 e. The lowest BCUT2D eigenvalue weighted by molar-refractivity contribution is -0.130. The molecule has 244 valence electrons. The van der Waals surface area contributed by atoms with Gasteiger partial charge in [0.2, 0.25) is 5.91 Å². The summed E-state index contributed by atoms with van der Waals surface area (Å²) in [6.45, 7) is 5.07. The van der Waals surface area contributed by atoms with E-state index in [0.717, 1.165) is 40.6 Å². The van der Waals surface area contributed by atoms with Crippen LogP contribution in [0, 0.1) is 6.92 Å². The molecule has 0 unspecified atom stereocenters. The fourth-order valence-corrected chi connectivity index (χ4v) is 6.31. The fraction of sp³-hybridized carbons (Fsp3) is 0.353. The Bertz CT molecular complexity index is 1800. The van der Waals surface area contributed by atoms with Gasteiger partial charge in [0.15, 0.2) is 11.5 Å². The number of methoxy groups -OCH3 is 1. The van der Waals surface area contributed by atoms with Crippen LogP contribution in [0.3, 0.4) is 0 Å². The molecule has 5 aromatic rings. The first-order chi connectivity index (χ1) is 23.0. The van der Waals surface area contributed by atoms with Gasteiger partial charge in [0, 0.05) is 67.3 Å². The molecule has 6 rings (SSSR count). The number of carbonyl (C=O) groups excluding carboxylic acids is 2. The highest BCUT2D eigenvalue weighted by atomic mass is 32.1. The lowest BCUT2D eigenvalue weighted by Gasteiger charge is -2.25. The molecule has 1 aliphatic heterocycles. The van der Waals surface area contributed by atoms with Crippen LogP contribution in [0.15, 0.2) is 72.9 Å². The van der Waals surface area contributed by atoms with Crippen molar-refractivity contribution in [2.24, 2.45) is 0 Å². The van der Waals surface area contributed by atoms with Crippen LogP contribution in [0.1, 0.15) is 40.3 Å². The van der Waals surface area contributed by atoms with Gasteiger partial charge < -0.3 is 23.8 Å². The van der Waals surface area contributed by atoms with Gasteiger partial charge in [-0.2, -0.15) is 0 Å². The van der Waals surface area contributed by atoms with Crippen LogP contribution in [0.2, 0.25) is 0 Å². The van der Waals surface area contributed by atoms with Crippen LogP contribution in [-0.2, 0) is 17.8 Å². The zero-order valence-corrected chi connectivity index (χ0v) is 27.4. The summed E-state index contributed by atoms with van der Waals surface area (Å²) in [5.41, 5.74) is 3.07. The van der Waals surface area contributed by atoms with E-state index in [9.17, 15) is 9.59 Å². The topological polar surface area (TPSA) is 120 Å². The Balaban J connectivity index is 1.25. The third-order valence-corrected chi connectivity index (χ3v) is 8.96. The Morgan fingerprint density at radius 3 is 2.55 bits per heavy atom. The molecule has 0 spiro atoms.